The molecule has 2 N–H and O–H groups in total. The summed E-state index contributed by atoms with van der Waals surface area (Å²) in [6.45, 7) is 0. The van der Waals surface area contributed by atoms with Crippen molar-refractivity contribution in [3.05, 3.63) is 78.9 Å². The molecule has 0 fully saturated rings. The molecule has 6 nitrogen and oxygen atoms in total. The first-order chi connectivity index (χ1) is 12.7. The average Bonchev–Trinajstić information content (AvgIpc) is 2.62. The summed E-state index contributed by atoms with van der Waals surface area (Å²) in [6, 6.07) is 21.3. The predicted octanol–water partition coefficient (Wildman–Crippen LogP) is -0.945. The second-order valence-electron chi connectivity index (χ2n) is 5.61. The van der Waals surface area contributed by atoms with Crippen LogP contribution in [0.15, 0.2) is 88.7 Å². The Kier molecular flexibility index (Phi) is 8.14. The Morgan fingerprint density at radius 3 is 1.21 bits per heavy atom. The van der Waals surface area contributed by atoms with Crippen LogP contribution in [0.1, 0.15) is 1.43 Å². The number of hydrogen-bond acceptors (Lipinski definition) is 4. The van der Waals surface area contributed by atoms with Gasteiger partial charge in [0.2, 0.25) is 0 Å². The maximum atomic E-state index is 11.3. The van der Waals surface area contributed by atoms with Gasteiger partial charge in [-0.25, -0.2) is 0 Å². The molecule has 0 unspecified atom stereocenters. The fourth-order valence-corrected chi connectivity index (χ4v) is 5.78. The zero-order chi connectivity index (χ0) is 19.7. The third kappa shape index (κ3) is 5.79. The van der Waals surface area contributed by atoms with Gasteiger partial charge in [0.15, 0.2) is 0 Å². The Labute approximate surface area is 209 Å². The summed E-state index contributed by atoms with van der Waals surface area (Å²) in [5, 5.41) is 2.62. The van der Waals surface area contributed by atoms with Crippen molar-refractivity contribution in [2.75, 3.05) is 0 Å². The topological polar surface area (TPSA) is 109 Å². The Morgan fingerprint density at radius 1 is 0.571 bits per heavy atom. The molecule has 0 saturated carbocycles. The van der Waals surface area contributed by atoms with Gasteiger partial charge in [-0.2, -0.15) is 16.8 Å². The Bertz CT molecular complexity index is 1080. The van der Waals surface area contributed by atoms with Crippen molar-refractivity contribution in [1.29, 1.82) is 0 Å². The normalized spacial score (nSPS) is 11.8. The molecule has 0 bridgehead atoms. The molecular weight excluding hydrogens is 446 g/mol. The van der Waals surface area contributed by atoms with E-state index in [-0.39, 0.29) is 62.6 Å². The first-order valence-electron chi connectivity index (χ1n) is 7.66. The van der Waals surface area contributed by atoms with Crippen LogP contribution in [-0.4, -0.2) is 25.9 Å². The zero-order valence-corrected chi connectivity index (χ0v) is 20.4. The van der Waals surface area contributed by atoms with Gasteiger partial charge in [0, 0.05) is 0 Å². The summed E-state index contributed by atoms with van der Waals surface area (Å²) in [5.41, 5.74) is 0. The van der Waals surface area contributed by atoms with Crippen molar-refractivity contribution >= 4 is 44.1 Å². The van der Waals surface area contributed by atoms with E-state index in [1.807, 2.05) is 30.3 Å². The minimum absolute atomic E-state index is 0. The second kappa shape index (κ2) is 9.57. The van der Waals surface area contributed by atoms with Crippen LogP contribution >= 0.6 is 7.92 Å². The summed E-state index contributed by atoms with van der Waals surface area (Å²) in [7, 11) is -9.66. The van der Waals surface area contributed by atoms with Crippen molar-refractivity contribution in [3.63, 3.8) is 0 Å². The summed E-state index contributed by atoms with van der Waals surface area (Å²) in [6.07, 6.45) is 0. The molecular formula is C18H16KO6PS2. The molecule has 28 heavy (non-hydrogen) atoms. The van der Waals surface area contributed by atoms with E-state index in [4.69, 9.17) is 9.11 Å². The molecule has 0 radical (unpaired) electrons. The van der Waals surface area contributed by atoms with E-state index in [1.165, 1.54) is 24.3 Å². The van der Waals surface area contributed by atoms with Crippen LogP contribution < -0.4 is 67.3 Å². The molecule has 142 valence electrons. The van der Waals surface area contributed by atoms with E-state index < -0.39 is 28.2 Å². The van der Waals surface area contributed by atoms with Crippen LogP contribution in [0.3, 0.4) is 0 Å². The Balaban J connectivity index is 0.00000210. The monoisotopic (exact) mass is 462 g/mol. The first kappa shape index (κ1) is 23.8. The molecule has 0 aliphatic rings. The van der Waals surface area contributed by atoms with Crippen LogP contribution in [0.25, 0.3) is 0 Å². The van der Waals surface area contributed by atoms with Gasteiger partial charge in [0.05, 0.1) is 9.79 Å². The molecule has 0 heterocycles. The van der Waals surface area contributed by atoms with Gasteiger partial charge in [0.25, 0.3) is 20.2 Å². The van der Waals surface area contributed by atoms with Gasteiger partial charge >= 0.3 is 51.4 Å². The van der Waals surface area contributed by atoms with Crippen molar-refractivity contribution in [1.82, 2.24) is 0 Å². The molecule has 0 amide bonds. The fourth-order valence-electron chi connectivity index (χ4n) is 2.56. The number of benzene rings is 3. The zero-order valence-electron chi connectivity index (χ0n) is 15.8. The summed E-state index contributed by atoms with van der Waals surface area (Å²) in [4.78, 5) is -0.396. The van der Waals surface area contributed by atoms with Crippen LogP contribution in [0.4, 0.5) is 0 Å². The fraction of sp³-hybridized carbons (Fsp3) is 0. The van der Waals surface area contributed by atoms with Gasteiger partial charge in [-0.15, -0.1) is 0 Å². The van der Waals surface area contributed by atoms with Gasteiger partial charge in [-0.05, 0) is 48.1 Å². The number of rotatable bonds is 5. The predicted molar refractivity (Wildman–Crippen MR) is 106 cm³/mol. The summed E-state index contributed by atoms with van der Waals surface area (Å²) >= 11 is 0. The van der Waals surface area contributed by atoms with E-state index in [2.05, 4.69) is 0 Å². The molecule has 0 aromatic heterocycles. The molecule has 0 aliphatic heterocycles. The van der Waals surface area contributed by atoms with Gasteiger partial charge in [-0.3, -0.25) is 9.11 Å². The minimum atomic E-state index is -4.28. The molecule has 0 spiro atoms. The molecule has 10 heteroatoms. The average molecular weight is 463 g/mol. The van der Waals surface area contributed by atoms with Crippen molar-refractivity contribution < 1.29 is 78.8 Å². The molecule has 3 aromatic rings. The third-order valence-electron chi connectivity index (χ3n) is 3.80. The number of hydrogen-bond donors (Lipinski definition) is 2. The van der Waals surface area contributed by atoms with E-state index >= 15 is 0 Å². The quantitative estimate of drug-likeness (QED) is 0.288. The van der Waals surface area contributed by atoms with Gasteiger partial charge < -0.3 is 1.43 Å². The molecule has 0 atom stereocenters. The smallest absolute Gasteiger partial charge is 1.00 e. The van der Waals surface area contributed by atoms with Crippen LogP contribution in [0.2, 0.25) is 0 Å². The standard InChI is InChI=1S/C18H15O6PS2.K.H/c19-26(20,21)17-10-6-15(7-11-17)25(14-4-2-1-3-5-14)16-8-12-18(13-9-16)27(22,23)24;;/h1-13H,(H,19,20,21)(H,22,23,24);;/q;+1;-1. The van der Waals surface area contributed by atoms with E-state index in [0.29, 0.717) is 0 Å². The second-order valence-corrected chi connectivity index (χ2v) is 10.7. The van der Waals surface area contributed by atoms with Crippen LogP contribution in [0.5, 0.6) is 0 Å². The Hall–Kier alpha value is -0.454. The molecule has 0 saturated heterocycles. The van der Waals surface area contributed by atoms with Gasteiger partial charge in [0.1, 0.15) is 0 Å². The van der Waals surface area contributed by atoms with Crippen LogP contribution in [-0.2, 0) is 20.2 Å². The van der Waals surface area contributed by atoms with Gasteiger partial charge in [-0.1, -0.05) is 54.6 Å². The maximum Gasteiger partial charge on any atom is 1.00 e. The van der Waals surface area contributed by atoms with Crippen molar-refractivity contribution in [2.45, 2.75) is 9.79 Å². The minimum Gasteiger partial charge on any atom is -1.00 e. The van der Waals surface area contributed by atoms with Crippen molar-refractivity contribution in [2.24, 2.45) is 0 Å². The van der Waals surface area contributed by atoms with E-state index in [9.17, 15) is 16.8 Å². The molecule has 3 aromatic carbocycles. The first-order valence-corrected chi connectivity index (χ1v) is 11.9. The largest absolute Gasteiger partial charge is 1.00 e. The molecule has 0 aliphatic carbocycles. The summed E-state index contributed by atoms with van der Waals surface area (Å²) in [5.74, 6) is 0. The van der Waals surface area contributed by atoms with E-state index in [1.54, 1.807) is 24.3 Å². The Morgan fingerprint density at radius 2 is 0.893 bits per heavy atom. The summed E-state index contributed by atoms with van der Waals surface area (Å²) < 4.78 is 63.4. The third-order valence-corrected chi connectivity index (χ3v) is 7.98. The maximum absolute atomic E-state index is 11.3. The van der Waals surface area contributed by atoms with E-state index in [0.717, 1.165) is 15.9 Å². The SMILES string of the molecule is O=S(=O)(O)c1ccc(P(c2ccccc2)c2ccc(S(=O)(=O)O)cc2)cc1.[H-].[K+]. The molecule has 3 rings (SSSR count). The van der Waals surface area contributed by atoms with Crippen molar-refractivity contribution in [3.8, 4) is 0 Å². The van der Waals surface area contributed by atoms with Crippen LogP contribution in [0, 0.1) is 0 Å².